The van der Waals surface area contributed by atoms with Gasteiger partial charge in [0.1, 0.15) is 0 Å². The van der Waals surface area contributed by atoms with E-state index in [4.69, 9.17) is 0 Å². The number of nitrogens with zero attached hydrogens (tertiary/aromatic N) is 1. The Morgan fingerprint density at radius 1 is 1.29 bits per heavy atom. The Labute approximate surface area is 93.6 Å². The summed E-state index contributed by atoms with van der Waals surface area (Å²) in [5, 5.41) is 0. The lowest BCUT2D eigenvalue weighted by molar-refractivity contribution is 0.165. The van der Waals surface area contributed by atoms with Gasteiger partial charge in [0.25, 0.3) is 0 Å². The highest BCUT2D eigenvalue weighted by Crippen LogP contribution is 2.23. The van der Waals surface area contributed by atoms with E-state index in [9.17, 15) is 0 Å². The van der Waals surface area contributed by atoms with E-state index in [1.165, 1.54) is 56.7 Å². The van der Waals surface area contributed by atoms with Crippen molar-refractivity contribution >= 4 is 11.8 Å². The summed E-state index contributed by atoms with van der Waals surface area (Å²) in [6.07, 6.45) is 8.53. The molecule has 0 aliphatic carbocycles. The van der Waals surface area contributed by atoms with Gasteiger partial charge in [-0.15, -0.1) is 11.8 Å². The minimum Gasteiger partial charge on any atom is -0.291 e. The van der Waals surface area contributed by atoms with Crippen LogP contribution in [0.15, 0.2) is 0 Å². The molecule has 1 saturated heterocycles. The lowest BCUT2D eigenvalue weighted by Crippen LogP contribution is -2.39. The third-order valence-electron chi connectivity index (χ3n) is 3.10. The third-order valence-corrected chi connectivity index (χ3v) is 4.02. The Balaban J connectivity index is 2.26. The van der Waals surface area contributed by atoms with E-state index in [1.807, 2.05) is 0 Å². The number of hydrogen-bond donors (Lipinski definition) is 0. The van der Waals surface area contributed by atoms with Gasteiger partial charge in [-0.05, 0) is 31.6 Å². The summed E-state index contributed by atoms with van der Waals surface area (Å²) in [5.41, 5.74) is 0. The normalized spacial score (nSPS) is 24.0. The lowest BCUT2D eigenvalue weighted by Gasteiger charge is -2.35. The van der Waals surface area contributed by atoms with Gasteiger partial charge in [0.15, 0.2) is 0 Å². The zero-order valence-corrected chi connectivity index (χ0v) is 10.6. The van der Waals surface area contributed by atoms with Crippen LogP contribution in [-0.2, 0) is 0 Å². The summed E-state index contributed by atoms with van der Waals surface area (Å²) in [6.45, 7) is 5.91. The third kappa shape index (κ3) is 4.22. The van der Waals surface area contributed by atoms with Gasteiger partial charge in [-0.2, -0.15) is 0 Å². The van der Waals surface area contributed by atoms with Crippen molar-refractivity contribution in [1.29, 1.82) is 0 Å². The van der Waals surface area contributed by atoms with Crippen LogP contribution in [0, 0.1) is 0 Å². The summed E-state index contributed by atoms with van der Waals surface area (Å²) in [7, 11) is 0. The quantitative estimate of drug-likeness (QED) is 0.664. The van der Waals surface area contributed by atoms with E-state index in [1.54, 1.807) is 0 Å². The molecular formula is C12H25NS. The summed E-state index contributed by atoms with van der Waals surface area (Å²) >= 11 is 2.08. The van der Waals surface area contributed by atoms with Gasteiger partial charge in [-0.1, -0.05) is 33.1 Å². The Morgan fingerprint density at radius 2 is 2.14 bits per heavy atom. The molecule has 1 fully saturated rings. The van der Waals surface area contributed by atoms with Gasteiger partial charge in [-0.3, -0.25) is 4.90 Å². The first-order chi connectivity index (χ1) is 6.88. The van der Waals surface area contributed by atoms with E-state index in [-0.39, 0.29) is 0 Å². The molecule has 84 valence electrons. The van der Waals surface area contributed by atoms with E-state index in [0.717, 1.165) is 6.04 Å². The molecule has 0 aromatic carbocycles. The average Bonchev–Trinajstić information content (AvgIpc) is 2.24. The number of likely N-dealkylation sites (tertiary alicyclic amines) is 1. The molecule has 1 unspecified atom stereocenters. The van der Waals surface area contributed by atoms with Crippen molar-refractivity contribution in [3.05, 3.63) is 0 Å². The maximum Gasteiger partial charge on any atom is 0.0447 e. The molecular weight excluding hydrogens is 190 g/mol. The molecule has 1 atom stereocenters. The van der Waals surface area contributed by atoms with Crippen molar-refractivity contribution in [2.24, 2.45) is 0 Å². The first-order valence-electron chi connectivity index (χ1n) is 6.20. The Kier molecular flexibility index (Phi) is 6.70. The first-order valence-corrected chi connectivity index (χ1v) is 7.35. The second-order valence-electron chi connectivity index (χ2n) is 4.23. The lowest BCUT2D eigenvalue weighted by atomic mass is 9.98. The molecule has 0 saturated carbocycles. The molecule has 1 nitrogen and oxygen atoms in total. The predicted molar refractivity (Wildman–Crippen MR) is 66.9 cm³/mol. The van der Waals surface area contributed by atoms with E-state index in [0.29, 0.717) is 0 Å². The zero-order valence-electron chi connectivity index (χ0n) is 9.80. The highest BCUT2D eigenvalue weighted by molar-refractivity contribution is 7.99. The fraction of sp³-hybridized carbons (Fsp3) is 1.00. The summed E-state index contributed by atoms with van der Waals surface area (Å²) in [5.74, 6) is 2.53. The maximum absolute atomic E-state index is 2.72. The zero-order chi connectivity index (χ0) is 10.2. The fourth-order valence-corrected chi connectivity index (χ4v) is 2.96. The molecule has 0 aromatic heterocycles. The van der Waals surface area contributed by atoms with E-state index >= 15 is 0 Å². The highest BCUT2D eigenvalue weighted by Gasteiger charge is 2.20. The van der Waals surface area contributed by atoms with Crippen LogP contribution >= 0.6 is 11.8 Å². The smallest absolute Gasteiger partial charge is 0.0447 e. The molecule has 0 aromatic rings. The standard InChI is InChI=1S/C12H25NS/c1-3-5-8-12-9-6-7-10-13(12)11-14-4-2/h12H,3-11H2,1-2H3. The molecule has 2 heteroatoms. The number of piperidine rings is 1. The molecule has 1 aliphatic heterocycles. The van der Waals surface area contributed by atoms with Crippen LogP contribution < -0.4 is 0 Å². The SMILES string of the molecule is CCCCC1CCCCN1CSCC. The van der Waals surface area contributed by atoms with Crippen molar-refractivity contribution in [3.63, 3.8) is 0 Å². The maximum atomic E-state index is 2.72. The number of unbranched alkanes of at least 4 members (excludes halogenated alkanes) is 1. The molecule has 0 radical (unpaired) electrons. The van der Waals surface area contributed by atoms with Gasteiger partial charge in [-0.25, -0.2) is 0 Å². The number of thioether (sulfide) groups is 1. The largest absolute Gasteiger partial charge is 0.291 e. The summed E-state index contributed by atoms with van der Waals surface area (Å²) in [4.78, 5) is 2.72. The topological polar surface area (TPSA) is 3.24 Å². The predicted octanol–water partition coefficient (Wildman–Crippen LogP) is 3.74. The van der Waals surface area contributed by atoms with Gasteiger partial charge in [0.2, 0.25) is 0 Å². The minimum absolute atomic E-state index is 0.905. The molecule has 14 heavy (non-hydrogen) atoms. The Bertz CT molecular complexity index is 122. The Hall–Kier alpha value is 0.310. The van der Waals surface area contributed by atoms with Gasteiger partial charge in [0.05, 0.1) is 0 Å². The van der Waals surface area contributed by atoms with Crippen LogP contribution in [0.2, 0.25) is 0 Å². The van der Waals surface area contributed by atoms with Crippen LogP contribution in [-0.4, -0.2) is 29.1 Å². The van der Waals surface area contributed by atoms with Crippen molar-refractivity contribution < 1.29 is 0 Å². The summed E-state index contributed by atoms with van der Waals surface area (Å²) in [6, 6.07) is 0.905. The van der Waals surface area contributed by atoms with E-state index in [2.05, 4.69) is 30.5 Å². The second kappa shape index (κ2) is 7.58. The molecule has 0 spiro atoms. The van der Waals surface area contributed by atoms with Crippen molar-refractivity contribution in [1.82, 2.24) is 4.90 Å². The minimum atomic E-state index is 0.905. The Morgan fingerprint density at radius 3 is 2.86 bits per heavy atom. The van der Waals surface area contributed by atoms with Gasteiger partial charge in [0, 0.05) is 11.9 Å². The summed E-state index contributed by atoms with van der Waals surface area (Å²) < 4.78 is 0. The molecule has 1 rings (SSSR count). The van der Waals surface area contributed by atoms with Crippen LogP contribution in [0.4, 0.5) is 0 Å². The van der Waals surface area contributed by atoms with Gasteiger partial charge < -0.3 is 0 Å². The first kappa shape index (κ1) is 12.4. The van der Waals surface area contributed by atoms with Crippen LogP contribution in [0.25, 0.3) is 0 Å². The molecule has 1 aliphatic rings. The van der Waals surface area contributed by atoms with Crippen molar-refractivity contribution in [2.45, 2.75) is 58.4 Å². The van der Waals surface area contributed by atoms with E-state index < -0.39 is 0 Å². The van der Waals surface area contributed by atoms with Crippen LogP contribution in [0.1, 0.15) is 52.4 Å². The molecule has 0 bridgehead atoms. The van der Waals surface area contributed by atoms with Crippen molar-refractivity contribution in [2.75, 3.05) is 18.2 Å². The van der Waals surface area contributed by atoms with Crippen LogP contribution in [0.3, 0.4) is 0 Å². The average molecular weight is 215 g/mol. The molecule has 1 heterocycles. The van der Waals surface area contributed by atoms with Gasteiger partial charge >= 0.3 is 0 Å². The second-order valence-corrected chi connectivity index (χ2v) is 5.47. The number of rotatable bonds is 6. The highest BCUT2D eigenvalue weighted by atomic mass is 32.2. The van der Waals surface area contributed by atoms with Crippen molar-refractivity contribution in [3.8, 4) is 0 Å². The monoisotopic (exact) mass is 215 g/mol. The molecule has 0 N–H and O–H groups in total. The van der Waals surface area contributed by atoms with Crippen LogP contribution in [0.5, 0.6) is 0 Å². The molecule has 0 amide bonds. The number of hydrogen-bond acceptors (Lipinski definition) is 2. The fourth-order valence-electron chi connectivity index (χ4n) is 2.21.